The largest absolute Gasteiger partial charge is 0.361 e. The third-order valence-electron chi connectivity index (χ3n) is 4.08. The Kier molecular flexibility index (Phi) is 6.74. The predicted molar refractivity (Wildman–Crippen MR) is 102 cm³/mol. The van der Waals surface area contributed by atoms with E-state index in [1.165, 1.54) is 17.0 Å². The maximum atomic E-state index is 12.8. The highest BCUT2D eigenvalue weighted by Gasteiger charge is 2.28. The first-order valence-electron chi connectivity index (χ1n) is 8.52. The summed E-state index contributed by atoms with van der Waals surface area (Å²) in [4.78, 5) is 37.1. The molecule has 0 radical (unpaired) electrons. The Morgan fingerprint density at radius 1 is 1.36 bits per heavy atom. The van der Waals surface area contributed by atoms with Gasteiger partial charge in [0.25, 0.3) is 11.6 Å². The summed E-state index contributed by atoms with van der Waals surface area (Å²) >= 11 is 6.00. The number of carbonyl (C=O) groups excluding carboxylic acids is 2. The van der Waals surface area contributed by atoms with E-state index in [0.717, 1.165) is 6.07 Å². The van der Waals surface area contributed by atoms with E-state index < -0.39 is 16.9 Å². The molecule has 2 aromatic rings. The standard InChI is InChI=1S/C18H21ClN4O5/c1-10(2)16(18(25)22(4)9-12-7-11(3)28-21-12)20-17(24)14-6-5-13(23(26)27)8-15(14)19/h5-8,10,16H,9H2,1-4H3,(H,20,24). The average Bonchev–Trinajstić information content (AvgIpc) is 3.03. The van der Waals surface area contributed by atoms with Crippen LogP contribution in [-0.4, -0.2) is 39.9 Å². The maximum absolute atomic E-state index is 12.8. The van der Waals surface area contributed by atoms with Crippen LogP contribution in [0.5, 0.6) is 0 Å². The quantitative estimate of drug-likeness (QED) is 0.555. The number of non-ortho nitro benzene ring substituents is 1. The van der Waals surface area contributed by atoms with E-state index in [2.05, 4.69) is 10.5 Å². The number of nitro groups is 1. The fourth-order valence-corrected chi connectivity index (χ4v) is 2.85. The number of amides is 2. The van der Waals surface area contributed by atoms with E-state index in [1.807, 2.05) is 0 Å². The Morgan fingerprint density at radius 2 is 2.04 bits per heavy atom. The summed E-state index contributed by atoms with van der Waals surface area (Å²) in [6, 6.07) is 4.47. The number of likely N-dealkylation sites (N-methyl/N-ethyl adjacent to an activating group) is 1. The Bertz CT molecular complexity index is 896. The molecule has 1 unspecified atom stereocenters. The summed E-state index contributed by atoms with van der Waals surface area (Å²) in [5.74, 6) is -0.452. The molecule has 1 atom stereocenters. The van der Waals surface area contributed by atoms with Gasteiger partial charge in [0.15, 0.2) is 0 Å². The predicted octanol–water partition coefficient (Wildman–Crippen LogP) is 2.96. The zero-order valence-corrected chi connectivity index (χ0v) is 16.7. The molecule has 0 aliphatic heterocycles. The molecule has 0 saturated carbocycles. The van der Waals surface area contributed by atoms with Crippen molar-refractivity contribution in [3.63, 3.8) is 0 Å². The number of nitrogens with zero attached hydrogens (tertiary/aromatic N) is 3. The summed E-state index contributed by atoms with van der Waals surface area (Å²) in [7, 11) is 1.60. The monoisotopic (exact) mass is 408 g/mol. The number of nitrogens with one attached hydrogen (secondary N) is 1. The van der Waals surface area contributed by atoms with Crippen LogP contribution in [0.15, 0.2) is 28.8 Å². The second kappa shape index (κ2) is 8.83. The van der Waals surface area contributed by atoms with Crippen molar-refractivity contribution in [1.29, 1.82) is 0 Å². The first-order chi connectivity index (χ1) is 13.1. The lowest BCUT2D eigenvalue weighted by molar-refractivity contribution is -0.384. The molecule has 0 bridgehead atoms. The number of carbonyl (C=O) groups is 2. The van der Waals surface area contributed by atoms with E-state index in [4.69, 9.17) is 16.1 Å². The lowest BCUT2D eigenvalue weighted by atomic mass is 10.0. The van der Waals surface area contributed by atoms with Gasteiger partial charge in [0.2, 0.25) is 5.91 Å². The van der Waals surface area contributed by atoms with Gasteiger partial charge in [-0.25, -0.2) is 0 Å². The van der Waals surface area contributed by atoms with Crippen LogP contribution in [-0.2, 0) is 11.3 Å². The Labute approximate surface area is 166 Å². The van der Waals surface area contributed by atoms with Crippen LogP contribution >= 0.6 is 11.6 Å². The van der Waals surface area contributed by atoms with Crippen molar-refractivity contribution in [2.45, 2.75) is 33.4 Å². The van der Waals surface area contributed by atoms with Crippen molar-refractivity contribution in [3.05, 3.63) is 56.4 Å². The molecule has 0 saturated heterocycles. The number of benzene rings is 1. The van der Waals surface area contributed by atoms with Crippen molar-refractivity contribution >= 4 is 29.1 Å². The number of aryl methyl sites for hydroxylation is 1. The second-order valence-corrected chi connectivity index (χ2v) is 7.15. The summed E-state index contributed by atoms with van der Waals surface area (Å²) < 4.78 is 4.99. The summed E-state index contributed by atoms with van der Waals surface area (Å²) in [6.07, 6.45) is 0. The highest BCUT2D eigenvalue weighted by atomic mass is 35.5. The zero-order valence-electron chi connectivity index (χ0n) is 15.9. The summed E-state index contributed by atoms with van der Waals surface area (Å²) in [5, 5.41) is 17.3. The van der Waals surface area contributed by atoms with Gasteiger partial charge in [-0.3, -0.25) is 19.7 Å². The number of halogens is 1. The Balaban J connectivity index is 2.14. The van der Waals surface area contributed by atoms with Gasteiger partial charge in [0.05, 0.1) is 22.1 Å². The number of aromatic nitrogens is 1. The molecule has 0 aliphatic carbocycles. The SMILES string of the molecule is Cc1cc(CN(C)C(=O)C(NC(=O)c2ccc([N+](=O)[O-])cc2Cl)C(C)C)no1. The van der Waals surface area contributed by atoms with Gasteiger partial charge < -0.3 is 14.7 Å². The first-order valence-corrected chi connectivity index (χ1v) is 8.90. The fraction of sp³-hybridized carbons (Fsp3) is 0.389. The van der Waals surface area contributed by atoms with Crippen LogP contribution < -0.4 is 5.32 Å². The zero-order chi connectivity index (χ0) is 21.0. The van der Waals surface area contributed by atoms with E-state index in [-0.39, 0.29) is 34.6 Å². The van der Waals surface area contributed by atoms with E-state index in [9.17, 15) is 19.7 Å². The molecule has 28 heavy (non-hydrogen) atoms. The topological polar surface area (TPSA) is 119 Å². The molecule has 1 heterocycles. The van der Waals surface area contributed by atoms with Gasteiger partial charge in [0, 0.05) is 25.2 Å². The van der Waals surface area contributed by atoms with Crippen LogP contribution in [0.2, 0.25) is 5.02 Å². The van der Waals surface area contributed by atoms with Gasteiger partial charge >= 0.3 is 0 Å². The molecule has 2 rings (SSSR count). The number of rotatable bonds is 7. The fourth-order valence-electron chi connectivity index (χ4n) is 2.59. The first kappa shape index (κ1) is 21.4. The molecule has 10 heteroatoms. The molecule has 0 fully saturated rings. The van der Waals surface area contributed by atoms with Crippen molar-refractivity contribution < 1.29 is 19.0 Å². The Morgan fingerprint density at radius 3 is 2.54 bits per heavy atom. The highest BCUT2D eigenvalue weighted by molar-refractivity contribution is 6.34. The van der Waals surface area contributed by atoms with Gasteiger partial charge in [-0.1, -0.05) is 30.6 Å². The van der Waals surface area contributed by atoms with E-state index >= 15 is 0 Å². The van der Waals surface area contributed by atoms with Crippen LogP contribution in [0.25, 0.3) is 0 Å². The maximum Gasteiger partial charge on any atom is 0.270 e. The van der Waals surface area contributed by atoms with Gasteiger partial charge in [-0.2, -0.15) is 0 Å². The van der Waals surface area contributed by atoms with Crippen molar-refractivity contribution in [3.8, 4) is 0 Å². The van der Waals surface area contributed by atoms with Crippen LogP contribution in [0, 0.1) is 23.0 Å². The normalized spacial score (nSPS) is 11.9. The minimum Gasteiger partial charge on any atom is -0.361 e. The average molecular weight is 409 g/mol. The van der Waals surface area contributed by atoms with Gasteiger partial charge in [-0.05, 0) is 18.9 Å². The molecular weight excluding hydrogens is 388 g/mol. The molecule has 150 valence electrons. The van der Waals surface area contributed by atoms with E-state index in [0.29, 0.717) is 11.5 Å². The lowest BCUT2D eigenvalue weighted by Gasteiger charge is -2.26. The number of hydrogen-bond donors (Lipinski definition) is 1. The third-order valence-corrected chi connectivity index (χ3v) is 4.39. The molecule has 1 N–H and O–H groups in total. The highest BCUT2D eigenvalue weighted by Crippen LogP contribution is 2.23. The number of hydrogen-bond acceptors (Lipinski definition) is 6. The van der Waals surface area contributed by atoms with E-state index in [1.54, 1.807) is 33.9 Å². The minimum absolute atomic E-state index is 0.0560. The third kappa shape index (κ3) is 5.07. The summed E-state index contributed by atoms with van der Waals surface area (Å²) in [6.45, 7) is 5.58. The molecule has 0 spiro atoms. The van der Waals surface area contributed by atoms with Crippen molar-refractivity contribution in [1.82, 2.24) is 15.4 Å². The van der Waals surface area contributed by atoms with Gasteiger partial charge in [-0.15, -0.1) is 0 Å². The molecular formula is C18H21ClN4O5. The van der Waals surface area contributed by atoms with Crippen molar-refractivity contribution in [2.24, 2.45) is 5.92 Å². The second-order valence-electron chi connectivity index (χ2n) is 6.74. The summed E-state index contributed by atoms with van der Waals surface area (Å²) in [5.41, 5.74) is 0.432. The van der Waals surface area contributed by atoms with Crippen LogP contribution in [0.3, 0.4) is 0 Å². The lowest BCUT2D eigenvalue weighted by Crippen LogP contribution is -2.50. The van der Waals surface area contributed by atoms with Crippen molar-refractivity contribution in [2.75, 3.05) is 7.05 Å². The minimum atomic E-state index is -0.809. The Hall–Kier alpha value is -2.94. The molecule has 1 aromatic heterocycles. The molecule has 9 nitrogen and oxygen atoms in total. The van der Waals surface area contributed by atoms with Crippen LogP contribution in [0.1, 0.15) is 35.7 Å². The van der Waals surface area contributed by atoms with Crippen LogP contribution in [0.4, 0.5) is 5.69 Å². The molecule has 0 aliphatic rings. The smallest absolute Gasteiger partial charge is 0.270 e. The van der Waals surface area contributed by atoms with Gasteiger partial charge in [0.1, 0.15) is 17.5 Å². The number of nitro benzene ring substituents is 1. The molecule has 1 aromatic carbocycles. The molecule has 2 amide bonds.